The van der Waals surface area contributed by atoms with Crippen molar-refractivity contribution < 1.29 is 9.59 Å². The van der Waals surface area contributed by atoms with Gasteiger partial charge in [0.25, 0.3) is 11.8 Å². The van der Waals surface area contributed by atoms with E-state index in [0.29, 0.717) is 23.5 Å². The molecule has 0 radical (unpaired) electrons. The molecular formula is C15H16ClN5O2. The monoisotopic (exact) mass is 333 g/mol. The molecule has 0 fully saturated rings. The van der Waals surface area contributed by atoms with Gasteiger partial charge in [-0.1, -0.05) is 11.6 Å². The number of carbonyl (C=O) groups excluding carboxylic acids is 2. The zero-order chi connectivity index (χ0) is 16.4. The Bertz CT molecular complexity index is 771. The summed E-state index contributed by atoms with van der Waals surface area (Å²) in [7, 11) is 1.53. The molecule has 0 bridgehead atoms. The Morgan fingerprint density at radius 2 is 2.13 bits per heavy atom. The highest BCUT2D eigenvalue weighted by Crippen LogP contribution is 2.22. The van der Waals surface area contributed by atoms with Crippen molar-refractivity contribution in [2.45, 2.75) is 13.0 Å². The third kappa shape index (κ3) is 3.06. The lowest BCUT2D eigenvalue weighted by Gasteiger charge is -2.13. The predicted octanol–water partition coefficient (Wildman–Crippen LogP) is 1.32. The van der Waals surface area contributed by atoms with Crippen molar-refractivity contribution in [3.8, 4) is 0 Å². The zero-order valence-electron chi connectivity index (χ0n) is 12.5. The Morgan fingerprint density at radius 3 is 2.87 bits per heavy atom. The number of hydrogen-bond donors (Lipinski definition) is 4. The molecule has 1 aliphatic rings. The van der Waals surface area contributed by atoms with Gasteiger partial charge in [-0.3, -0.25) is 14.7 Å². The first kappa shape index (κ1) is 15.5. The van der Waals surface area contributed by atoms with Gasteiger partial charge in [0.05, 0.1) is 10.6 Å². The molecule has 1 aromatic heterocycles. The molecule has 0 spiro atoms. The van der Waals surface area contributed by atoms with E-state index in [9.17, 15) is 9.59 Å². The molecule has 8 heteroatoms. The number of halogens is 1. The number of amides is 2. The second-order valence-corrected chi connectivity index (χ2v) is 5.59. The average Bonchev–Trinajstić information content (AvgIpc) is 2.98. The normalized spacial score (nSPS) is 13.3. The van der Waals surface area contributed by atoms with E-state index in [4.69, 9.17) is 11.6 Å². The van der Waals surface area contributed by atoms with Gasteiger partial charge in [-0.25, -0.2) is 0 Å². The number of H-pyrrole nitrogens is 1. The van der Waals surface area contributed by atoms with Gasteiger partial charge in [0, 0.05) is 43.5 Å². The fourth-order valence-electron chi connectivity index (χ4n) is 2.52. The first-order chi connectivity index (χ1) is 11.1. The van der Waals surface area contributed by atoms with Crippen molar-refractivity contribution in [1.82, 2.24) is 20.8 Å². The lowest BCUT2D eigenvalue weighted by atomic mass is 10.1. The molecule has 7 nitrogen and oxygen atoms in total. The van der Waals surface area contributed by atoms with Gasteiger partial charge in [-0.05, 0) is 18.2 Å². The number of aromatic nitrogens is 2. The molecule has 0 saturated heterocycles. The van der Waals surface area contributed by atoms with E-state index >= 15 is 0 Å². The van der Waals surface area contributed by atoms with Gasteiger partial charge in [-0.15, -0.1) is 0 Å². The molecule has 0 unspecified atom stereocenters. The predicted molar refractivity (Wildman–Crippen MR) is 86.8 cm³/mol. The average molecular weight is 334 g/mol. The van der Waals surface area contributed by atoms with Gasteiger partial charge in [-0.2, -0.15) is 5.10 Å². The Labute approximate surface area is 137 Å². The topological polar surface area (TPSA) is 98.9 Å². The third-order valence-corrected chi connectivity index (χ3v) is 4.03. The number of anilines is 1. The summed E-state index contributed by atoms with van der Waals surface area (Å²) in [5, 5.41) is 15.8. The molecule has 2 heterocycles. The van der Waals surface area contributed by atoms with Crippen molar-refractivity contribution in [2.24, 2.45) is 0 Å². The van der Waals surface area contributed by atoms with E-state index in [1.165, 1.54) is 7.05 Å². The van der Waals surface area contributed by atoms with Crippen LogP contribution in [0.25, 0.3) is 0 Å². The molecule has 2 aromatic rings. The van der Waals surface area contributed by atoms with Crippen LogP contribution < -0.4 is 16.0 Å². The minimum atomic E-state index is -0.310. The molecule has 0 saturated carbocycles. The Morgan fingerprint density at radius 1 is 1.30 bits per heavy atom. The van der Waals surface area contributed by atoms with Crippen molar-refractivity contribution >= 4 is 29.1 Å². The van der Waals surface area contributed by atoms with Crippen LogP contribution in [-0.4, -0.2) is 35.6 Å². The minimum Gasteiger partial charge on any atom is -0.355 e. The van der Waals surface area contributed by atoms with E-state index in [2.05, 4.69) is 26.1 Å². The molecule has 0 aliphatic carbocycles. The van der Waals surface area contributed by atoms with Gasteiger partial charge < -0.3 is 16.0 Å². The van der Waals surface area contributed by atoms with Gasteiger partial charge in [0.1, 0.15) is 0 Å². The van der Waals surface area contributed by atoms with Crippen molar-refractivity contribution in [3.63, 3.8) is 0 Å². The van der Waals surface area contributed by atoms with E-state index in [0.717, 1.165) is 24.2 Å². The smallest absolute Gasteiger partial charge is 0.276 e. The van der Waals surface area contributed by atoms with Crippen LogP contribution in [0.3, 0.4) is 0 Å². The largest absolute Gasteiger partial charge is 0.355 e. The van der Waals surface area contributed by atoms with Crippen LogP contribution in [0.2, 0.25) is 5.02 Å². The molecule has 120 valence electrons. The fourth-order valence-corrected chi connectivity index (χ4v) is 2.78. The number of hydrogen-bond acceptors (Lipinski definition) is 4. The molecule has 1 aliphatic heterocycles. The molecule has 3 rings (SSSR count). The van der Waals surface area contributed by atoms with Crippen LogP contribution in [0, 0.1) is 0 Å². The molecular weight excluding hydrogens is 318 g/mol. The number of nitrogens with zero attached hydrogens (tertiary/aromatic N) is 1. The summed E-state index contributed by atoms with van der Waals surface area (Å²) < 4.78 is 0. The molecule has 1 aromatic carbocycles. The quantitative estimate of drug-likeness (QED) is 0.680. The number of carbonyl (C=O) groups is 2. The maximum atomic E-state index is 12.4. The van der Waals surface area contributed by atoms with Gasteiger partial charge in [0.15, 0.2) is 5.69 Å². The lowest BCUT2D eigenvalue weighted by molar-refractivity contribution is 0.0962. The van der Waals surface area contributed by atoms with Crippen LogP contribution in [0.4, 0.5) is 5.69 Å². The molecule has 2 amide bonds. The highest BCUT2D eigenvalue weighted by molar-refractivity contribution is 6.34. The standard InChI is InChI=1S/C15H16ClN5O2/c1-17-14(22)9-3-2-8(6-11(9)16)19-15(23)13-10-7-18-5-4-12(10)20-21-13/h2-3,6,18H,4-5,7H2,1H3,(H,17,22)(H,19,23)(H,20,21). The Kier molecular flexibility index (Phi) is 4.31. The summed E-state index contributed by atoms with van der Waals surface area (Å²) in [6.07, 6.45) is 0.822. The van der Waals surface area contributed by atoms with E-state index in [1.807, 2.05) is 0 Å². The van der Waals surface area contributed by atoms with Crippen LogP contribution in [0.1, 0.15) is 32.1 Å². The lowest BCUT2D eigenvalue weighted by Crippen LogP contribution is -2.25. The number of aromatic amines is 1. The number of rotatable bonds is 3. The fraction of sp³-hybridized carbons (Fsp3) is 0.267. The zero-order valence-corrected chi connectivity index (χ0v) is 13.3. The second kappa shape index (κ2) is 6.39. The van der Waals surface area contributed by atoms with Crippen molar-refractivity contribution in [2.75, 3.05) is 18.9 Å². The van der Waals surface area contributed by atoms with Crippen LogP contribution >= 0.6 is 11.6 Å². The molecule has 0 atom stereocenters. The van der Waals surface area contributed by atoms with Crippen molar-refractivity contribution in [3.05, 3.63) is 45.7 Å². The van der Waals surface area contributed by atoms with Gasteiger partial charge >= 0.3 is 0 Å². The highest BCUT2D eigenvalue weighted by atomic mass is 35.5. The van der Waals surface area contributed by atoms with E-state index in [-0.39, 0.29) is 16.8 Å². The third-order valence-electron chi connectivity index (χ3n) is 3.72. The first-order valence-electron chi connectivity index (χ1n) is 7.20. The number of fused-ring (bicyclic) bond motifs is 1. The maximum absolute atomic E-state index is 12.4. The second-order valence-electron chi connectivity index (χ2n) is 5.18. The van der Waals surface area contributed by atoms with E-state index < -0.39 is 0 Å². The maximum Gasteiger partial charge on any atom is 0.276 e. The number of nitrogens with one attached hydrogen (secondary N) is 4. The minimum absolute atomic E-state index is 0.271. The Balaban J connectivity index is 1.79. The molecule has 4 N–H and O–H groups in total. The van der Waals surface area contributed by atoms with Crippen LogP contribution in [-0.2, 0) is 13.0 Å². The first-order valence-corrected chi connectivity index (χ1v) is 7.57. The number of benzene rings is 1. The summed E-state index contributed by atoms with van der Waals surface area (Å²) >= 11 is 6.08. The summed E-state index contributed by atoms with van der Waals surface area (Å²) in [6, 6.07) is 4.74. The Hall–Kier alpha value is -2.38. The SMILES string of the molecule is CNC(=O)c1ccc(NC(=O)c2n[nH]c3c2CNCC3)cc1Cl. The highest BCUT2D eigenvalue weighted by Gasteiger charge is 2.21. The summed E-state index contributed by atoms with van der Waals surface area (Å²) in [5.41, 5.74) is 3.11. The molecule has 23 heavy (non-hydrogen) atoms. The van der Waals surface area contributed by atoms with Gasteiger partial charge in [0.2, 0.25) is 0 Å². The summed E-state index contributed by atoms with van der Waals surface area (Å²) in [6.45, 7) is 1.48. The summed E-state index contributed by atoms with van der Waals surface area (Å²) in [4.78, 5) is 24.0. The summed E-state index contributed by atoms with van der Waals surface area (Å²) in [5.74, 6) is -0.588. The van der Waals surface area contributed by atoms with Crippen LogP contribution in [0.15, 0.2) is 18.2 Å². The van der Waals surface area contributed by atoms with E-state index in [1.54, 1.807) is 18.2 Å². The van der Waals surface area contributed by atoms with Crippen LogP contribution in [0.5, 0.6) is 0 Å². The van der Waals surface area contributed by atoms with Crippen molar-refractivity contribution in [1.29, 1.82) is 0 Å².